The lowest BCUT2D eigenvalue weighted by Gasteiger charge is -2.35. The number of hydrogen-bond donors (Lipinski definition) is 5. The molecule has 9 nitrogen and oxygen atoms in total. The molecule has 0 fully saturated rings. The molecule has 2 heterocycles. The smallest absolute Gasteiger partial charge is 0.162 e. The van der Waals surface area contributed by atoms with E-state index in [1.807, 2.05) is 19.1 Å². The van der Waals surface area contributed by atoms with Crippen LogP contribution >= 0.6 is 0 Å². The van der Waals surface area contributed by atoms with Crippen LogP contribution in [0.3, 0.4) is 0 Å². The number of aromatic hydroxyl groups is 2. The average Bonchev–Trinajstić information content (AvgIpc) is 2.83. The monoisotopic (exact) mass is 469 g/mol. The SMILES string of the molecule is CCc1ccc(COc2cc(C3Oc4cc(O)cc(O)c4C(O)C3O)ccc2OCCO)nc1. The molecule has 0 spiro atoms. The molecule has 1 aliphatic rings. The lowest BCUT2D eigenvalue weighted by molar-refractivity contribution is -0.0711. The van der Waals surface area contributed by atoms with Gasteiger partial charge in [-0.25, -0.2) is 0 Å². The van der Waals surface area contributed by atoms with Crippen LogP contribution in [-0.2, 0) is 13.0 Å². The Morgan fingerprint density at radius 2 is 1.82 bits per heavy atom. The third-order valence-corrected chi connectivity index (χ3v) is 5.60. The molecule has 0 bridgehead atoms. The van der Waals surface area contributed by atoms with Gasteiger partial charge in [0.15, 0.2) is 17.6 Å². The minimum atomic E-state index is -1.44. The summed E-state index contributed by atoms with van der Waals surface area (Å²) in [7, 11) is 0. The van der Waals surface area contributed by atoms with Gasteiger partial charge < -0.3 is 39.7 Å². The van der Waals surface area contributed by atoms with E-state index in [9.17, 15) is 20.4 Å². The Balaban J connectivity index is 1.62. The van der Waals surface area contributed by atoms with Gasteiger partial charge >= 0.3 is 0 Å². The first-order valence-electron chi connectivity index (χ1n) is 10.9. The van der Waals surface area contributed by atoms with E-state index in [4.69, 9.17) is 19.3 Å². The van der Waals surface area contributed by atoms with Gasteiger partial charge in [-0.05, 0) is 35.7 Å². The van der Waals surface area contributed by atoms with Gasteiger partial charge in [-0.2, -0.15) is 0 Å². The Morgan fingerprint density at radius 3 is 2.53 bits per heavy atom. The van der Waals surface area contributed by atoms with Crippen LogP contribution in [0.1, 0.15) is 41.5 Å². The summed E-state index contributed by atoms with van der Waals surface area (Å²) in [6.07, 6.45) is -1.19. The van der Waals surface area contributed by atoms with Crippen molar-refractivity contribution in [1.29, 1.82) is 0 Å². The fraction of sp³-hybridized carbons (Fsp3) is 0.320. The number of fused-ring (bicyclic) bond motifs is 1. The van der Waals surface area contributed by atoms with E-state index in [2.05, 4.69) is 4.98 Å². The first-order chi connectivity index (χ1) is 16.4. The molecule has 2 aromatic carbocycles. The third kappa shape index (κ3) is 4.86. The van der Waals surface area contributed by atoms with Gasteiger partial charge in [-0.15, -0.1) is 0 Å². The van der Waals surface area contributed by atoms with Gasteiger partial charge in [0.1, 0.15) is 42.7 Å². The minimum absolute atomic E-state index is 0.00234. The number of rotatable bonds is 8. The maximum Gasteiger partial charge on any atom is 0.162 e. The van der Waals surface area contributed by atoms with Crippen LogP contribution in [0.2, 0.25) is 0 Å². The van der Waals surface area contributed by atoms with Gasteiger partial charge in [0.2, 0.25) is 0 Å². The number of aromatic nitrogens is 1. The molecule has 9 heteroatoms. The Labute approximate surface area is 196 Å². The van der Waals surface area contributed by atoms with Crippen LogP contribution in [-0.4, -0.2) is 49.8 Å². The van der Waals surface area contributed by atoms with Crippen LogP contribution in [0.4, 0.5) is 0 Å². The molecule has 5 N–H and O–H groups in total. The summed E-state index contributed by atoms with van der Waals surface area (Å²) in [5.41, 5.74) is 2.29. The highest BCUT2D eigenvalue weighted by Gasteiger charge is 2.39. The average molecular weight is 469 g/mol. The normalized spacial score (nSPS) is 19.2. The van der Waals surface area contributed by atoms with E-state index in [1.54, 1.807) is 24.4 Å². The molecule has 1 aromatic heterocycles. The van der Waals surface area contributed by atoms with Crippen molar-refractivity contribution < 1.29 is 39.7 Å². The zero-order valence-electron chi connectivity index (χ0n) is 18.6. The zero-order chi connectivity index (χ0) is 24.2. The molecule has 34 heavy (non-hydrogen) atoms. The second-order valence-corrected chi connectivity index (χ2v) is 7.93. The number of ether oxygens (including phenoxy) is 3. The number of aryl methyl sites for hydroxylation is 1. The molecule has 4 rings (SSSR count). The van der Waals surface area contributed by atoms with Crippen molar-refractivity contribution in [1.82, 2.24) is 4.98 Å². The van der Waals surface area contributed by atoms with Crippen LogP contribution in [0.25, 0.3) is 0 Å². The summed E-state index contributed by atoms with van der Waals surface area (Å²) < 4.78 is 17.4. The Morgan fingerprint density at radius 1 is 1.00 bits per heavy atom. The maximum absolute atomic E-state index is 10.7. The molecule has 0 saturated heterocycles. The highest BCUT2D eigenvalue weighted by molar-refractivity contribution is 5.53. The lowest BCUT2D eigenvalue weighted by atomic mass is 9.91. The van der Waals surface area contributed by atoms with Crippen molar-refractivity contribution >= 4 is 0 Å². The van der Waals surface area contributed by atoms with Crippen LogP contribution in [0, 0.1) is 0 Å². The molecular weight excluding hydrogens is 442 g/mol. The van der Waals surface area contributed by atoms with Crippen molar-refractivity contribution in [2.75, 3.05) is 13.2 Å². The van der Waals surface area contributed by atoms with E-state index in [0.29, 0.717) is 22.8 Å². The van der Waals surface area contributed by atoms with Gasteiger partial charge in [-0.3, -0.25) is 4.98 Å². The maximum atomic E-state index is 10.7. The van der Waals surface area contributed by atoms with Crippen molar-refractivity contribution in [2.45, 2.75) is 38.3 Å². The molecular formula is C25H27NO8. The summed E-state index contributed by atoms with van der Waals surface area (Å²) in [6.45, 7) is 2.08. The summed E-state index contributed by atoms with van der Waals surface area (Å²) in [4.78, 5) is 4.38. The Bertz CT molecular complexity index is 1130. The molecule has 3 aromatic rings. The second kappa shape index (κ2) is 10.2. The molecule has 0 amide bonds. The van der Waals surface area contributed by atoms with Crippen LogP contribution in [0.15, 0.2) is 48.7 Å². The van der Waals surface area contributed by atoms with E-state index >= 15 is 0 Å². The van der Waals surface area contributed by atoms with Gasteiger partial charge in [0.05, 0.1) is 17.9 Å². The van der Waals surface area contributed by atoms with Crippen molar-refractivity contribution in [3.8, 4) is 28.7 Å². The fourth-order valence-electron chi connectivity index (χ4n) is 3.79. The van der Waals surface area contributed by atoms with Gasteiger partial charge in [0, 0.05) is 18.3 Å². The largest absolute Gasteiger partial charge is 0.508 e. The summed E-state index contributed by atoms with van der Waals surface area (Å²) in [5, 5.41) is 50.4. The lowest BCUT2D eigenvalue weighted by Crippen LogP contribution is -2.34. The highest BCUT2D eigenvalue weighted by Crippen LogP contribution is 2.47. The molecule has 1 aliphatic heterocycles. The summed E-state index contributed by atoms with van der Waals surface area (Å²) in [6, 6.07) is 11.0. The van der Waals surface area contributed by atoms with E-state index in [1.165, 1.54) is 6.07 Å². The number of pyridine rings is 1. The molecule has 3 unspecified atom stereocenters. The van der Waals surface area contributed by atoms with Gasteiger partial charge in [0.25, 0.3) is 0 Å². The zero-order valence-corrected chi connectivity index (χ0v) is 18.6. The van der Waals surface area contributed by atoms with Crippen molar-refractivity contribution in [2.24, 2.45) is 0 Å². The molecule has 0 aliphatic carbocycles. The topological polar surface area (TPSA) is 142 Å². The number of hydrogen-bond acceptors (Lipinski definition) is 9. The second-order valence-electron chi connectivity index (χ2n) is 7.93. The fourth-order valence-corrected chi connectivity index (χ4v) is 3.79. The van der Waals surface area contributed by atoms with E-state index in [-0.39, 0.29) is 42.6 Å². The number of benzene rings is 2. The Kier molecular flexibility index (Phi) is 7.06. The number of aliphatic hydroxyl groups is 3. The number of aliphatic hydroxyl groups excluding tert-OH is 3. The number of phenols is 2. The molecule has 0 saturated carbocycles. The van der Waals surface area contributed by atoms with E-state index < -0.39 is 18.3 Å². The number of nitrogens with zero attached hydrogens (tertiary/aromatic N) is 1. The number of phenolic OH excluding ortho intramolecular Hbond substituents is 2. The predicted molar refractivity (Wildman–Crippen MR) is 121 cm³/mol. The van der Waals surface area contributed by atoms with E-state index in [0.717, 1.165) is 18.1 Å². The summed E-state index contributed by atoms with van der Waals surface area (Å²) in [5.74, 6) is 0.158. The van der Waals surface area contributed by atoms with Crippen LogP contribution in [0.5, 0.6) is 28.7 Å². The standard InChI is InChI=1S/C25H27NO8/c1-2-14-3-5-16(26-12-14)13-33-20-9-15(4-6-19(20)32-8-7-27)25-24(31)23(30)22-18(29)10-17(28)11-21(22)34-25/h3-6,9-12,23-25,27-31H,2,7-8,13H2,1H3. The minimum Gasteiger partial charge on any atom is -0.508 e. The Hall–Kier alpha value is -3.53. The first-order valence-corrected chi connectivity index (χ1v) is 10.9. The summed E-state index contributed by atoms with van der Waals surface area (Å²) >= 11 is 0. The molecule has 3 atom stereocenters. The predicted octanol–water partition coefficient (Wildman–Crippen LogP) is 2.53. The first kappa shape index (κ1) is 23.6. The van der Waals surface area contributed by atoms with Crippen molar-refractivity contribution in [3.63, 3.8) is 0 Å². The van der Waals surface area contributed by atoms with Gasteiger partial charge in [-0.1, -0.05) is 19.1 Å². The molecule has 0 radical (unpaired) electrons. The van der Waals surface area contributed by atoms with Crippen molar-refractivity contribution in [3.05, 3.63) is 71.0 Å². The third-order valence-electron chi connectivity index (χ3n) is 5.60. The highest BCUT2D eigenvalue weighted by atomic mass is 16.5. The quantitative estimate of drug-likeness (QED) is 0.336. The van der Waals surface area contributed by atoms with Crippen LogP contribution < -0.4 is 14.2 Å². The molecule has 180 valence electrons.